The van der Waals surface area contributed by atoms with Gasteiger partial charge >= 0.3 is 0 Å². The predicted molar refractivity (Wildman–Crippen MR) is 123 cm³/mol. The number of thiazole rings is 1. The molecule has 1 aliphatic rings. The van der Waals surface area contributed by atoms with Crippen LogP contribution in [-0.4, -0.2) is 39.9 Å². The third-order valence-corrected chi connectivity index (χ3v) is 6.77. The van der Waals surface area contributed by atoms with Crippen LogP contribution in [0.4, 0.5) is 10.2 Å². The predicted octanol–water partition coefficient (Wildman–Crippen LogP) is 4.88. The third-order valence-electron chi connectivity index (χ3n) is 5.81. The summed E-state index contributed by atoms with van der Waals surface area (Å²) in [6.45, 7) is 5.28. The Bertz CT molecular complexity index is 1140. The number of nitrogens with one attached hydrogen (secondary N) is 1. The first kappa shape index (κ1) is 21.9. The number of nitrogens with zero attached hydrogens (tertiary/aromatic N) is 4. The SMILES string of the molecule is Cc1nc(-c2ccc(F)cc2)c(C(=O)N2CCC[C@@H](C)[C@H]2CNc2ccc(C#N)cn2)s1. The lowest BCUT2D eigenvalue weighted by Gasteiger charge is -2.40. The molecule has 0 unspecified atom stereocenters. The van der Waals surface area contributed by atoms with E-state index in [0.29, 0.717) is 41.0 Å². The fraction of sp³-hybridized carbons (Fsp3) is 0.333. The number of benzene rings is 1. The number of anilines is 1. The quantitative estimate of drug-likeness (QED) is 0.601. The van der Waals surface area contributed by atoms with Crippen LogP contribution in [0.3, 0.4) is 0 Å². The van der Waals surface area contributed by atoms with Gasteiger partial charge in [-0.3, -0.25) is 4.79 Å². The van der Waals surface area contributed by atoms with Gasteiger partial charge in [-0.1, -0.05) is 6.92 Å². The second kappa shape index (κ2) is 9.45. The van der Waals surface area contributed by atoms with Crippen LogP contribution >= 0.6 is 11.3 Å². The molecule has 3 aromatic rings. The summed E-state index contributed by atoms with van der Waals surface area (Å²) in [6, 6.07) is 11.7. The number of hydrogen-bond acceptors (Lipinski definition) is 6. The Morgan fingerprint density at radius 2 is 2.09 bits per heavy atom. The smallest absolute Gasteiger partial charge is 0.266 e. The molecule has 0 spiro atoms. The zero-order valence-electron chi connectivity index (χ0n) is 18.0. The van der Waals surface area contributed by atoms with Crippen LogP contribution in [0.1, 0.15) is 40.0 Å². The number of halogens is 1. The first-order valence-corrected chi connectivity index (χ1v) is 11.4. The van der Waals surface area contributed by atoms with Gasteiger partial charge in [0.1, 0.15) is 22.6 Å². The zero-order chi connectivity index (χ0) is 22.7. The summed E-state index contributed by atoms with van der Waals surface area (Å²) < 4.78 is 13.4. The maximum atomic E-state index is 13.7. The van der Waals surface area contributed by atoms with Crippen molar-refractivity contribution in [3.8, 4) is 17.3 Å². The largest absolute Gasteiger partial charge is 0.368 e. The normalized spacial score (nSPS) is 18.2. The molecule has 6 nitrogen and oxygen atoms in total. The number of aromatic nitrogens is 2. The number of likely N-dealkylation sites (tertiary alicyclic amines) is 1. The van der Waals surface area contributed by atoms with Crippen molar-refractivity contribution in [2.75, 3.05) is 18.4 Å². The van der Waals surface area contributed by atoms with Gasteiger partial charge in [0.05, 0.1) is 22.3 Å². The minimum absolute atomic E-state index is 0.00262. The van der Waals surface area contributed by atoms with E-state index >= 15 is 0 Å². The minimum atomic E-state index is -0.319. The van der Waals surface area contributed by atoms with Crippen LogP contribution in [0.2, 0.25) is 0 Å². The first-order chi connectivity index (χ1) is 15.5. The molecule has 1 saturated heterocycles. The number of piperidine rings is 1. The summed E-state index contributed by atoms with van der Waals surface area (Å²) >= 11 is 1.38. The zero-order valence-corrected chi connectivity index (χ0v) is 18.8. The van der Waals surface area contributed by atoms with E-state index in [-0.39, 0.29) is 17.8 Å². The standard InChI is InChI=1S/C24H24FN5OS/c1-15-4-3-11-30(20(15)14-28-21-10-5-17(12-26)13-27-21)24(31)23-22(29-16(2)32-23)18-6-8-19(25)9-7-18/h5-10,13,15,20H,3-4,11,14H2,1-2H3,(H,27,28)/t15-,20-/m1/s1. The summed E-state index contributed by atoms with van der Waals surface area (Å²) in [4.78, 5) is 25.0. The number of pyridine rings is 1. The van der Waals surface area contributed by atoms with E-state index in [0.717, 1.165) is 23.4 Å². The molecule has 1 aliphatic heterocycles. The topological polar surface area (TPSA) is 81.9 Å². The van der Waals surface area contributed by atoms with Crippen molar-refractivity contribution in [2.24, 2.45) is 5.92 Å². The number of rotatable bonds is 5. The summed E-state index contributed by atoms with van der Waals surface area (Å²) in [5.74, 6) is 0.638. The Hall–Kier alpha value is -3.31. The Morgan fingerprint density at radius 3 is 2.78 bits per heavy atom. The van der Waals surface area contributed by atoms with Crippen LogP contribution < -0.4 is 5.32 Å². The number of aryl methyl sites for hydroxylation is 1. The van der Waals surface area contributed by atoms with E-state index in [2.05, 4.69) is 28.3 Å². The lowest BCUT2D eigenvalue weighted by molar-refractivity contribution is 0.0545. The molecule has 0 bridgehead atoms. The van der Waals surface area contributed by atoms with Crippen molar-refractivity contribution in [1.29, 1.82) is 5.26 Å². The molecule has 0 radical (unpaired) electrons. The van der Waals surface area contributed by atoms with Gasteiger partial charge in [-0.15, -0.1) is 11.3 Å². The van der Waals surface area contributed by atoms with Gasteiger partial charge in [0.15, 0.2) is 0 Å². The van der Waals surface area contributed by atoms with E-state index in [1.165, 1.54) is 29.7 Å². The van der Waals surface area contributed by atoms with Crippen molar-refractivity contribution >= 4 is 23.1 Å². The van der Waals surface area contributed by atoms with E-state index in [4.69, 9.17) is 5.26 Å². The average Bonchev–Trinajstić information content (AvgIpc) is 3.20. The van der Waals surface area contributed by atoms with Crippen LogP contribution in [-0.2, 0) is 0 Å². The molecule has 0 saturated carbocycles. The molecule has 2 aromatic heterocycles. The van der Waals surface area contributed by atoms with E-state index in [1.54, 1.807) is 24.3 Å². The molecular weight excluding hydrogens is 425 g/mol. The van der Waals surface area contributed by atoms with E-state index in [1.807, 2.05) is 11.8 Å². The fourth-order valence-electron chi connectivity index (χ4n) is 4.09. The second-order valence-electron chi connectivity index (χ2n) is 8.03. The van der Waals surface area contributed by atoms with Crippen molar-refractivity contribution in [2.45, 2.75) is 32.7 Å². The molecule has 1 amide bonds. The molecule has 32 heavy (non-hydrogen) atoms. The Kier molecular flexibility index (Phi) is 6.47. The lowest BCUT2D eigenvalue weighted by atomic mass is 9.90. The number of carbonyl (C=O) groups is 1. The lowest BCUT2D eigenvalue weighted by Crippen LogP contribution is -2.51. The molecule has 1 fully saturated rings. The van der Waals surface area contributed by atoms with Gasteiger partial charge in [0.25, 0.3) is 5.91 Å². The molecule has 1 N–H and O–H groups in total. The molecular formula is C24H24FN5OS. The average molecular weight is 450 g/mol. The molecule has 3 heterocycles. The molecule has 0 aliphatic carbocycles. The highest BCUT2D eigenvalue weighted by Gasteiger charge is 2.34. The number of nitriles is 1. The number of amides is 1. The number of carbonyl (C=O) groups excluding carboxylic acids is 1. The van der Waals surface area contributed by atoms with E-state index < -0.39 is 0 Å². The highest BCUT2D eigenvalue weighted by Crippen LogP contribution is 2.32. The molecule has 164 valence electrons. The molecule has 2 atom stereocenters. The van der Waals surface area contributed by atoms with E-state index in [9.17, 15) is 9.18 Å². The summed E-state index contributed by atoms with van der Waals surface area (Å²) in [5.41, 5.74) is 1.85. The van der Waals surface area contributed by atoms with Crippen LogP contribution in [0.25, 0.3) is 11.3 Å². The van der Waals surface area contributed by atoms with Gasteiger partial charge < -0.3 is 10.2 Å². The summed E-state index contributed by atoms with van der Waals surface area (Å²) in [7, 11) is 0. The summed E-state index contributed by atoms with van der Waals surface area (Å²) in [6.07, 6.45) is 3.52. The summed E-state index contributed by atoms with van der Waals surface area (Å²) in [5, 5.41) is 13.1. The third kappa shape index (κ3) is 4.63. The van der Waals surface area contributed by atoms with Crippen molar-refractivity contribution < 1.29 is 9.18 Å². The van der Waals surface area contributed by atoms with Crippen molar-refractivity contribution in [3.63, 3.8) is 0 Å². The Morgan fingerprint density at radius 1 is 1.31 bits per heavy atom. The molecule has 1 aromatic carbocycles. The molecule has 8 heteroatoms. The highest BCUT2D eigenvalue weighted by molar-refractivity contribution is 7.14. The van der Waals surface area contributed by atoms with Crippen LogP contribution in [0.5, 0.6) is 0 Å². The monoisotopic (exact) mass is 449 g/mol. The van der Waals surface area contributed by atoms with Gasteiger partial charge in [-0.2, -0.15) is 5.26 Å². The van der Waals surface area contributed by atoms with Crippen LogP contribution in [0.15, 0.2) is 42.6 Å². The van der Waals surface area contributed by atoms with Crippen molar-refractivity contribution in [3.05, 3.63) is 63.9 Å². The fourth-order valence-corrected chi connectivity index (χ4v) is 4.99. The van der Waals surface area contributed by atoms with Gasteiger partial charge in [-0.05, 0) is 62.1 Å². The maximum absolute atomic E-state index is 13.7. The van der Waals surface area contributed by atoms with Crippen LogP contribution in [0, 0.1) is 30.0 Å². The minimum Gasteiger partial charge on any atom is -0.368 e. The Labute approximate surface area is 190 Å². The number of hydrogen-bond donors (Lipinski definition) is 1. The second-order valence-corrected chi connectivity index (χ2v) is 9.23. The van der Waals surface area contributed by atoms with Gasteiger partial charge in [0.2, 0.25) is 0 Å². The Balaban J connectivity index is 1.57. The maximum Gasteiger partial charge on any atom is 0.266 e. The first-order valence-electron chi connectivity index (χ1n) is 10.6. The van der Waals surface area contributed by atoms with Gasteiger partial charge in [0, 0.05) is 24.8 Å². The highest BCUT2D eigenvalue weighted by atomic mass is 32.1. The molecule has 4 rings (SSSR count). The van der Waals surface area contributed by atoms with Crippen molar-refractivity contribution in [1.82, 2.24) is 14.9 Å². The van der Waals surface area contributed by atoms with Gasteiger partial charge in [-0.25, -0.2) is 14.4 Å².